The number of benzene rings is 1. The number of para-hydroxylation sites is 1. The second-order valence-electron chi connectivity index (χ2n) is 7.99. The maximum atomic E-state index is 13.2. The Balaban J connectivity index is 1.58. The third-order valence-electron chi connectivity index (χ3n) is 6.92. The molecular weight excluding hydrogens is 522 g/mol. The molecule has 10 heteroatoms. The average Bonchev–Trinajstić information content (AvgIpc) is 3.04. The van der Waals surface area contributed by atoms with Crippen LogP contribution in [0.2, 0.25) is 5.02 Å². The van der Waals surface area contributed by atoms with Gasteiger partial charge in [0, 0.05) is 0 Å². The van der Waals surface area contributed by atoms with Crippen LogP contribution in [0.15, 0.2) is 34.3 Å². The van der Waals surface area contributed by atoms with Crippen molar-refractivity contribution in [2.24, 2.45) is 23.7 Å². The molecule has 3 fully saturated rings. The van der Waals surface area contributed by atoms with Crippen molar-refractivity contribution >= 4 is 98.7 Å². The highest BCUT2D eigenvalue weighted by atomic mass is 35.5. The summed E-state index contributed by atoms with van der Waals surface area (Å²) >= 11 is 46.2. The molecule has 1 aromatic rings. The summed E-state index contributed by atoms with van der Waals surface area (Å²) in [6, 6.07) is 6.73. The Morgan fingerprint density at radius 3 is 1.69 bits per heavy atom. The summed E-state index contributed by atoms with van der Waals surface area (Å²) in [6.45, 7) is 0. The summed E-state index contributed by atoms with van der Waals surface area (Å²) in [5.41, 5.74) is 0.367. The number of halogens is 7. The molecule has 5 rings (SSSR count). The minimum absolute atomic E-state index is 0.111. The number of anilines is 1. The second-order valence-corrected chi connectivity index (χ2v) is 11.7. The van der Waals surface area contributed by atoms with Gasteiger partial charge < -0.3 is 0 Å². The van der Waals surface area contributed by atoms with Crippen LogP contribution in [0.3, 0.4) is 0 Å². The lowest BCUT2D eigenvalue weighted by Crippen LogP contribution is -2.44. The van der Waals surface area contributed by atoms with Gasteiger partial charge >= 0.3 is 0 Å². The molecule has 2 bridgehead atoms. The maximum Gasteiger partial charge on any atom is 0.237 e. The van der Waals surface area contributed by atoms with Gasteiger partial charge in [0.15, 0.2) is 4.33 Å². The fourth-order valence-electron chi connectivity index (χ4n) is 5.59. The normalized spacial score (nSPS) is 42.5. The summed E-state index contributed by atoms with van der Waals surface area (Å²) in [5.74, 6) is -2.62. The summed E-state index contributed by atoms with van der Waals surface area (Å²) in [5, 5.41) is 0.546. The summed E-state index contributed by atoms with van der Waals surface area (Å²) < 4.78 is -1.67. The zero-order valence-electron chi connectivity index (χ0n) is 14.4. The van der Waals surface area contributed by atoms with E-state index in [0.717, 1.165) is 4.90 Å². The maximum absolute atomic E-state index is 13.2. The highest BCUT2D eigenvalue weighted by Crippen LogP contribution is 2.79. The van der Waals surface area contributed by atoms with Crippen molar-refractivity contribution < 1.29 is 9.59 Å². The first-order valence-corrected chi connectivity index (χ1v) is 11.6. The molecule has 6 atom stereocenters. The molecule has 0 radical (unpaired) electrons. The number of hydrogen-bond donors (Lipinski definition) is 0. The first kappa shape index (κ1) is 21.0. The van der Waals surface area contributed by atoms with Crippen LogP contribution in [0.1, 0.15) is 12.8 Å². The van der Waals surface area contributed by atoms with Gasteiger partial charge in [-0.05, 0) is 36.8 Å². The lowest BCUT2D eigenvalue weighted by Gasteiger charge is -2.42. The molecule has 4 aliphatic rings. The summed E-state index contributed by atoms with van der Waals surface area (Å²) in [4.78, 5) is 24.8. The number of imide groups is 1. The molecule has 0 aromatic heterocycles. The van der Waals surface area contributed by atoms with Crippen LogP contribution < -0.4 is 4.90 Å². The van der Waals surface area contributed by atoms with Gasteiger partial charge in [-0.1, -0.05) is 70.1 Å². The fourth-order valence-corrected chi connectivity index (χ4v) is 8.92. The zero-order valence-corrected chi connectivity index (χ0v) is 19.7. The minimum Gasteiger partial charge on any atom is -0.274 e. The Kier molecular flexibility index (Phi) is 4.59. The van der Waals surface area contributed by atoms with Crippen molar-refractivity contribution in [3.05, 3.63) is 39.4 Å². The Labute approximate surface area is 202 Å². The van der Waals surface area contributed by atoms with Crippen molar-refractivity contribution in [2.75, 3.05) is 4.90 Å². The SMILES string of the molecule is O=C1[C@H]2C[C@H]3[C@@H](C[C@H]2C(=O)N1c1ccccc1Cl)[C@@]1(Cl)C(Cl)=C(Cl)[C@@]3(Cl)C1(Cl)Cl. The molecule has 0 unspecified atom stereocenters. The quantitative estimate of drug-likeness (QED) is 0.313. The number of carbonyl (C=O) groups is 2. The first-order chi connectivity index (χ1) is 13.5. The fraction of sp³-hybridized carbons (Fsp3) is 0.474. The molecule has 1 aromatic carbocycles. The van der Waals surface area contributed by atoms with Crippen LogP contribution in [0.5, 0.6) is 0 Å². The number of rotatable bonds is 1. The largest absolute Gasteiger partial charge is 0.274 e. The van der Waals surface area contributed by atoms with Crippen molar-refractivity contribution in [1.82, 2.24) is 0 Å². The zero-order chi connectivity index (χ0) is 21.1. The highest BCUT2D eigenvalue weighted by molar-refractivity contribution is 6.65. The van der Waals surface area contributed by atoms with E-state index < -0.39 is 37.8 Å². The molecular formula is C19H12Cl7NO2. The van der Waals surface area contributed by atoms with E-state index >= 15 is 0 Å². The van der Waals surface area contributed by atoms with E-state index in [9.17, 15) is 9.59 Å². The third kappa shape index (κ3) is 2.21. The number of nitrogens with zero attached hydrogens (tertiary/aromatic N) is 1. The van der Waals surface area contributed by atoms with Crippen molar-refractivity contribution in [2.45, 2.75) is 26.9 Å². The summed E-state index contributed by atoms with van der Waals surface area (Å²) in [7, 11) is 0. The van der Waals surface area contributed by atoms with Crippen LogP contribution in [0.25, 0.3) is 0 Å². The minimum atomic E-state index is -1.67. The predicted octanol–water partition coefficient (Wildman–Crippen LogP) is 6.32. The molecule has 0 spiro atoms. The van der Waals surface area contributed by atoms with E-state index in [2.05, 4.69) is 0 Å². The average molecular weight is 534 g/mol. The van der Waals surface area contributed by atoms with Crippen LogP contribution in [-0.2, 0) is 9.59 Å². The highest BCUT2D eigenvalue weighted by Gasteiger charge is 2.83. The molecule has 3 aliphatic carbocycles. The van der Waals surface area contributed by atoms with Gasteiger partial charge in [0.25, 0.3) is 0 Å². The van der Waals surface area contributed by atoms with E-state index in [4.69, 9.17) is 81.2 Å². The van der Waals surface area contributed by atoms with Gasteiger partial charge in [0.1, 0.15) is 9.75 Å². The third-order valence-corrected chi connectivity index (χ3v) is 11.6. The van der Waals surface area contributed by atoms with Gasteiger partial charge in [0.2, 0.25) is 11.8 Å². The number of allylic oxidation sites excluding steroid dienone is 2. The van der Waals surface area contributed by atoms with Crippen LogP contribution in [-0.4, -0.2) is 25.9 Å². The van der Waals surface area contributed by atoms with E-state index in [1.54, 1.807) is 24.3 Å². The molecule has 0 N–H and O–H groups in total. The Morgan fingerprint density at radius 2 is 1.24 bits per heavy atom. The molecule has 3 nitrogen and oxygen atoms in total. The van der Waals surface area contributed by atoms with E-state index in [1.165, 1.54) is 0 Å². The number of fused-ring (bicyclic) bond motifs is 6. The Morgan fingerprint density at radius 1 is 0.793 bits per heavy atom. The predicted molar refractivity (Wildman–Crippen MR) is 117 cm³/mol. The van der Waals surface area contributed by atoms with E-state index in [1.807, 2.05) is 0 Å². The van der Waals surface area contributed by atoms with E-state index in [0.29, 0.717) is 10.7 Å². The first-order valence-electron chi connectivity index (χ1n) is 8.93. The second kappa shape index (κ2) is 6.34. The number of hydrogen-bond acceptors (Lipinski definition) is 2. The topological polar surface area (TPSA) is 37.4 Å². The number of alkyl halides is 4. The van der Waals surface area contributed by atoms with Gasteiger partial charge in [0.05, 0.1) is 32.6 Å². The van der Waals surface area contributed by atoms with E-state index in [-0.39, 0.29) is 34.7 Å². The van der Waals surface area contributed by atoms with Crippen molar-refractivity contribution in [1.29, 1.82) is 0 Å². The van der Waals surface area contributed by atoms with Gasteiger partial charge in [-0.25, -0.2) is 4.90 Å². The van der Waals surface area contributed by atoms with Crippen molar-refractivity contribution in [3.8, 4) is 0 Å². The molecule has 2 amide bonds. The van der Waals surface area contributed by atoms with Gasteiger partial charge in [-0.2, -0.15) is 0 Å². The molecule has 154 valence electrons. The summed E-state index contributed by atoms with van der Waals surface area (Å²) in [6.07, 6.45) is 0.556. The standard InChI is InChI=1S/C19H12Cl7NO2/c20-11-3-1-2-4-12(11)27-15(28)7-5-9-10(6-8(7)16(27)29)18(24)14(22)13(21)17(9,23)19(18,25)26/h1-4,7-10H,5-6H2/t7-,8+,9-,10+,17-,18-/m1/s1. The monoisotopic (exact) mass is 531 g/mol. The van der Waals surface area contributed by atoms with Crippen molar-refractivity contribution in [3.63, 3.8) is 0 Å². The Hall–Kier alpha value is 0.130. The Bertz CT molecular complexity index is 956. The molecule has 29 heavy (non-hydrogen) atoms. The van der Waals surface area contributed by atoms with Gasteiger partial charge in [-0.3, -0.25) is 9.59 Å². The smallest absolute Gasteiger partial charge is 0.237 e. The van der Waals surface area contributed by atoms with Crippen LogP contribution >= 0.6 is 81.2 Å². The molecule has 1 aliphatic heterocycles. The lowest BCUT2D eigenvalue weighted by atomic mass is 9.65. The molecule has 2 saturated carbocycles. The molecule has 1 heterocycles. The van der Waals surface area contributed by atoms with Crippen LogP contribution in [0, 0.1) is 23.7 Å². The van der Waals surface area contributed by atoms with Gasteiger partial charge in [-0.15, -0.1) is 23.2 Å². The molecule has 1 saturated heterocycles. The lowest BCUT2D eigenvalue weighted by molar-refractivity contribution is -0.122. The van der Waals surface area contributed by atoms with Crippen LogP contribution in [0.4, 0.5) is 5.69 Å². The number of carbonyl (C=O) groups excluding carboxylic acids is 2. The number of amides is 2.